The number of nitrogens with one attached hydrogen (secondary N) is 1. The van der Waals surface area contributed by atoms with Gasteiger partial charge in [0.1, 0.15) is 5.75 Å². The summed E-state index contributed by atoms with van der Waals surface area (Å²) >= 11 is 17.4. The first-order chi connectivity index (χ1) is 13.5. The molecule has 1 N–H and O–H groups in total. The molecule has 0 unspecified atom stereocenters. The van der Waals surface area contributed by atoms with Crippen LogP contribution in [0.2, 0.25) is 15.1 Å². The highest BCUT2D eigenvalue weighted by atomic mass is 35.5. The van der Waals surface area contributed by atoms with Gasteiger partial charge in [0.15, 0.2) is 18.5 Å². The molecule has 0 fully saturated rings. The molecule has 1 aromatic carbocycles. The summed E-state index contributed by atoms with van der Waals surface area (Å²) in [5.74, 6) is -1.86. The lowest BCUT2D eigenvalue weighted by Crippen LogP contribution is -2.30. The summed E-state index contributed by atoms with van der Waals surface area (Å²) in [7, 11) is 0. The third-order valence-electron chi connectivity index (χ3n) is 3.30. The van der Waals surface area contributed by atoms with E-state index < -0.39 is 41.3 Å². The lowest BCUT2D eigenvalue weighted by atomic mass is 10.3. The summed E-state index contributed by atoms with van der Waals surface area (Å²) in [6.07, 6.45) is -5.22. The Morgan fingerprint density at radius 2 is 1.86 bits per heavy atom. The third kappa shape index (κ3) is 6.66. The Bertz CT molecular complexity index is 925. The Hall–Kier alpha value is -2.23. The summed E-state index contributed by atoms with van der Waals surface area (Å²) in [5.41, 5.74) is -1.07. The van der Waals surface area contributed by atoms with Gasteiger partial charge in [-0.25, -0.2) is 9.78 Å². The number of alkyl halides is 3. The molecule has 1 atom stereocenters. The highest BCUT2D eigenvalue weighted by Gasteiger charge is 2.31. The van der Waals surface area contributed by atoms with Gasteiger partial charge in [0.25, 0.3) is 5.91 Å². The average Bonchev–Trinajstić information content (AvgIpc) is 2.62. The van der Waals surface area contributed by atoms with E-state index in [-0.39, 0.29) is 16.6 Å². The van der Waals surface area contributed by atoms with Crippen molar-refractivity contribution in [2.75, 3.05) is 11.9 Å². The van der Waals surface area contributed by atoms with Gasteiger partial charge in [-0.1, -0.05) is 34.8 Å². The van der Waals surface area contributed by atoms with E-state index in [1.54, 1.807) is 0 Å². The van der Waals surface area contributed by atoms with Crippen LogP contribution in [-0.2, 0) is 20.5 Å². The molecule has 0 saturated carbocycles. The SMILES string of the molecule is C[C@@H](Oc1ccc(Cl)cc1Cl)C(=O)OCC(=O)Nc1ncc(C(F)(F)F)cc1Cl. The lowest BCUT2D eigenvalue weighted by molar-refractivity contribution is -0.153. The molecule has 0 bridgehead atoms. The van der Waals surface area contributed by atoms with Gasteiger partial charge in [0, 0.05) is 11.2 Å². The number of halogens is 6. The van der Waals surface area contributed by atoms with Gasteiger partial charge in [-0.05, 0) is 31.2 Å². The standard InChI is InChI=1S/C17H12Cl3F3N2O4/c1-8(29-13-3-2-10(18)5-11(13)19)16(27)28-7-14(26)25-15-12(20)4-9(6-24-15)17(21,22)23/h2-6,8H,7H2,1H3,(H,24,25,26)/t8-/m1/s1. The predicted octanol–water partition coefficient (Wildman–Crippen LogP) is 5.01. The first-order valence-electron chi connectivity index (χ1n) is 7.78. The van der Waals surface area contributed by atoms with Crippen molar-refractivity contribution in [1.29, 1.82) is 0 Å². The Balaban J connectivity index is 1.89. The van der Waals surface area contributed by atoms with E-state index in [1.807, 2.05) is 0 Å². The number of nitrogens with zero attached hydrogens (tertiary/aromatic N) is 1. The van der Waals surface area contributed by atoms with Crippen LogP contribution < -0.4 is 10.1 Å². The molecule has 1 aromatic heterocycles. The van der Waals surface area contributed by atoms with E-state index >= 15 is 0 Å². The third-order valence-corrected chi connectivity index (χ3v) is 4.12. The maximum absolute atomic E-state index is 12.6. The number of amides is 1. The predicted molar refractivity (Wildman–Crippen MR) is 100 cm³/mol. The number of pyridine rings is 1. The number of aromatic nitrogens is 1. The number of carbonyl (C=O) groups is 2. The van der Waals surface area contributed by atoms with Crippen molar-refractivity contribution in [3.05, 3.63) is 51.1 Å². The molecule has 0 spiro atoms. The molecule has 0 saturated heterocycles. The van der Waals surface area contributed by atoms with Crippen molar-refractivity contribution in [1.82, 2.24) is 4.98 Å². The van der Waals surface area contributed by atoms with Crippen molar-refractivity contribution in [2.24, 2.45) is 0 Å². The van der Waals surface area contributed by atoms with Crippen LogP contribution in [-0.4, -0.2) is 29.6 Å². The van der Waals surface area contributed by atoms with Crippen molar-refractivity contribution in [3.8, 4) is 5.75 Å². The molecule has 0 aliphatic heterocycles. The number of benzene rings is 1. The summed E-state index contributed by atoms with van der Waals surface area (Å²) in [6, 6.07) is 5.00. The number of carbonyl (C=O) groups excluding carboxylic acids is 2. The van der Waals surface area contributed by atoms with Crippen LogP contribution in [0.5, 0.6) is 5.75 Å². The quantitative estimate of drug-likeness (QED) is 0.599. The summed E-state index contributed by atoms with van der Waals surface area (Å²) < 4.78 is 47.9. The van der Waals surface area contributed by atoms with Gasteiger partial charge >= 0.3 is 12.1 Å². The van der Waals surface area contributed by atoms with Crippen LogP contribution in [0.25, 0.3) is 0 Å². The molecular formula is C17H12Cl3F3N2O4. The Kier molecular flexibility index (Phi) is 7.56. The first-order valence-corrected chi connectivity index (χ1v) is 8.91. The lowest BCUT2D eigenvalue weighted by Gasteiger charge is -2.15. The number of hydrogen-bond acceptors (Lipinski definition) is 5. The number of rotatable bonds is 6. The van der Waals surface area contributed by atoms with Crippen molar-refractivity contribution < 1.29 is 32.2 Å². The minimum atomic E-state index is -4.63. The smallest absolute Gasteiger partial charge is 0.417 e. The first kappa shape index (κ1) is 23.1. The highest BCUT2D eigenvalue weighted by molar-refractivity contribution is 6.35. The van der Waals surface area contributed by atoms with E-state index in [0.717, 1.165) is 0 Å². The van der Waals surface area contributed by atoms with E-state index in [4.69, 9.17) is 44.3 Å². The van der Waals surface area contributed by atoms with Gasteiger partial charge in [-0.3, -0.25) is 4.79 Å². The Labute approximate surface area is 177 Å². The zero-order valence-corrected chi connectivity index (χ0v) is 16.8. The van der Waals surface area contributed by atoms with Crippen molar-refractivity contribution >= 4 is 52.5 Å². The summed E-state index contributed by atoms with van der Waals surface area (Å²) in [5, 5.41) is 2.28. The van der Waals surface area contributed by atoms with Crippen molar-refractivity contribution in [2.45, 2.75) is 19.2 Å². The van der Waals surface area contributed by atoms with Crippen molar-refractivity contribution in [3.63, 3.8) is 0 Å². The molecule has 29 heavy (non-hydrogen) atoms. The normalized spacial score (nSPS) is 12.2. The Morgan fingerprint density at radius 3 is 2.45 bits per heavy atom. The topological polar surface area (TPSA) is 77.5 Å². The van der Waals surface area contributed by atoms with E-state index in [0.29, 0.717) is 17.3 Å². The van der Waals surface area contributed by atoms with Crippen LogP contribution in [0.4, 0.5) is 19.0 Å². The van der Waals surface area contributed by atoms with Gasteiger partial charge < -0.3 is 14.8 Å². The monoisotopic (exact) mass is 470 g/mol. The maximum Gasteiger partial charge on any atom is 0.417 e. The highest BCUT2D eigenvalue weighted by Crippen LogP contribution is 2.32. The second-order valence-corrected chi connectivity index (χ2v) is 6.79. The minimum absolute atomic E-state index is 0.179. The number of ether oxygens (including phenoxy) is 2. The molecule has 156 valence electrons. The number of esters is 1. The summed E-state index contributed by atoms with van der Waals surface area (Å²) in [6.45, 7) is 0.638. The summed E-state index contributed by atoms with van der Waals surface area (Å²) in [4.78, 5) is 27.2. The van der Waals surface area contributed by atoms with E-state index in [9.17, 15) is 22.8 Å². The molecule has 6 nitrogen and oxygen atoms in total. The molecule has 1 heterocycles. The fourth-order valence-corrected chi connectivity index (χ4v) is 2.58. The van der Waals surface area contributed by atoms with Crippen LogP contribution in [0.1, 0.15) is 12.5 Å². The van der Waals surface area contributed by atoms with Crippen LogP contribution in [0.3, 0.4) is 0 Å². The van der Waals surface area contributed by atoms with E-state index in [1.165, 1.54) is 25.1 Å². The molecule has 1 amide bonds. The van der Waals surface area contributed by atoms with Crippen LogP contribution in [0, 0.1) is 0 Å². The number of anilines is 1. The van der Waals surface area contributed by atoms with E-state index in [2.05, 4.69) is 10.3 Å². The minimum Gasteiger partial charge on any atom is -0.477 e. The largest absolute Gasteiger partial charge is 0.477 e. The molecule has 2 rings (SSSR count). The molecular weight excluding hydrogens is 460 g/mol. The van der Waals surface area contributed by atoms with Crippen LogP contribution in [0.15, 0.2) is 30.5 Å². The van der Waals surface area contributed by atoms with Gasteiger partial charge in [-0.15, -0.1) is 0 Å². The average molecular weight is 472 g/mol. The second-order valence-electron chi connectivity index (χ2n) is 5.54. The Morgan fingerprint density at radius 1 is 1.17 bits per heavy atom. The molecule has 2 aromatic rings. The molecule has 0 radical (unpaired) electrons. The zero-order valence-electron chi connectivity index (χ0n) is 14.5. The van der Waals surface area contributed by atoms with Gasteiger partial charge in [0.2, 0.25) is 0 Å². The van der Waals surface area contributed by atoms with Gasteiger partial charge in [-0.2, -0.15) is 13.2 Å². The number of hydrogen-bond donors (Lipinski definition) is 1. The van der Waals surface area contributed by atoms with Crippen LogP contribution >= 0.6 is 34.8 Å². The molecule has 12 heteroatoms. The maximum atomic E-state index is 12.6. The fourth-order valence-electron chi connectivity index (χ4n) is 1.92. The molecule has 0 aliphatic rings. The zero-order chi connectivity index (χ0) is 21.8. The van der Waals surface area contributed by atoms with Gasteiger partial charge in [0.05, 0.1) is 15.6 Å². The molecule has 0 aliphatic carbocycles. The second kappa shape index (κ2) is 9.51. The fraction of sp³-hybridized carbons (Fsp3) is 0.235.